The summed E-state index contributed by atoms with van der Waals surface area (Å²) in [6, 6.07) is 7.35. The van der Waals surface area contributed by atoms with Gasteiger partial charge >= 0.3 is 0 Å². The fourth-order valence-corrected chi connectivity index (χ4v) is 2.19. The standard InChI is InChI=1S/C11H16N2/c1-8-7-10(9(2)13-8)11-5-3-4-6-12-11/h3-6,8-10,13H,7H2,1-2H3. The molecule has 2 rings (SSSR count). The van der Waals surface area contributed by atoms with Gasteiger partial charge in [0.2, 0.25) is 0 Å². The van der Waals surface area contributed by atoms with Crippen molar-refractivity contribution in [2.45, 2.75) is 38.3 Å². The summed E-state index contributed by atoms with van der Waals surface area (Å²) in [6.07, 6.45) is 3.09. The molecule has 0 aromatic carbocycles. The van der Waals surface area contributed by atoms with E-state index in [9.17, 15) is 0 Å². The van der Waals surface area contributed by atoms with Crippen LogP contribution in [0.2, 0.25) is 0 Å². The van der Waals surface area contributed by atoms with Crippen LogP contribution in [-0.4, -0.2) is 17.1 Å². The van der Waals surface area contributed by atoms with Crippen molar-refractivity contribution >= 4 is 0 Å². The van der Waals surface area contributed by atoms with Gasteiger partial charge in [0.15, 0.2) is 0 Å². The van der Waals surface area contributed by atoms with Crippen LogP contribution < -0.4 is 5.32 Å². The predicted molar refractivity (Wildman–Crippen MR) is 53.7 cm³/mol. The minimum Gasteiger partial charge on any atom is -0.311 e. The molecule has 1 fully saturated rings. The van der Waals surface area contributed by atoms with Crippen molar-refractivity contribution in [1.29, 1.82) is 0 Å². The van der Waals surface area contributed by atoms with Crippen LogP contribution >= 0.6 is 0 Å². The van der Waals surface area contributed by atoms with Crippen LogP contribution in [0.1, 0.15) is 31.9 Å². The normalized spacial score (nSPS) is 33.5. The monoisotopic (exact) mass is 176 g/mol. The number of nitrogens with zero attached hydrogens (tertiary/aromatic N) is 1. The fourth-order valence-electron chi connectivity index (χ4n) is 2.19. The first-order valence-electron chi connectivity index (χ1n) is 4.94. The van der Waals surface area contributed by atoms with Crippen molar-refractivity contribution in [3.8, 4) is 0 Å². The van der Waals surface area contributed by atoms with Crippen molar-refractivity contribution in [3.63, 3.8) is 0 Å². The van der Waals surface area contributed by atoms with Crippen LogP contribution in [-0.2, 0) is 0 Å². The zero-order chi connectivity index (χ0) is 9.26. The molecule has 1 saturated heterocycles. The highest BCUT2D eigenvalue weighted by Crippen LogP contribution is 2.28. The van der Waals surface area contributed by atoms with E-state index in [1.165, 1.54) is 12.1 Å². The average Bonchev–Trinajstić information content (AvgIpc) is 2.47. The molecule has 1 aromatic heterocycles. The van der Waals surface area contributed by atoms with Gasteiger partial charge in [0.25, 0.3) is 0 Å². The minimum absolute atomic E-state index is 0.560. The van der Waals surface area contributed by atoms with Crippen LogP contribution in [0.25, 0.3) is 0 Å². The maximum absolute atomic E-state index is 4.41. The first-order valence-corrected chi connectivity index (χ1v) is 4.94. The Morgan fingerprint density at radius 2 is 2.23 bits per heavy atom. The second-order valence-electron chi connectivity index (χ2n) is 3.95. The summed E-state index contributed by atoms with van der Waals surface area (Å²) in [5.74, 6) is 0.594. The molecule has 1 aromatic rings. The number of hydrogen-bond acceptors (Lipinski definition) is 2. The van der Waals surface area contributed by atoms with E-state index in [1.807, 2.05) is 12.3 Å². The maximum atomic E-state index is 4.41. The molecule has 3 unspecified atom stereocenters. The SMILES string of the molecule is CC1CC(c2ccccn2)C(C)N1. The first kappa shape index (κ1) is 8.70. The zero-order valence-corrected chi connectivity index (χ0v) is 8.20. The number of pyridine rings is 1. The third-order valence-corrected chi connectivity index (χ3v) is 2.83. The molecule has 0 aliphatic carbocycles. The Kier molecular flexibility index (Phi) is 2.32. The molecule has 1 aliphatic heterocycles. The lowest BCUT2D eigenvalue weighted by atomic mass is 9.96. The molecule has 1 N–H and O–H groups in total. The van der Waals surface area contributed by atoms with Gasteiger partial charge in [-0.25, -0.2) is 0 Å². The summed E-state index contributed by atoms with van der Waals surface area (Å²) >= 11 is 0. The molecular formula is C11H16N2. The summed E-state index contributed by atoms with van der Waals surface area (Å²) in [4.78, 5) is 4.41. The highest BCUT2D eigenvalue weighted by molar-refractivity contribution is 5.14. The Balaban J connectivity index is 2.18. The van der Waals surface area contributed by atoms with Crippen LogP contribution in [0.15, 0.2) is 24.4 Å². The molecule has 1 aliphatic rings. The molecule has 0 bridgehead atoms. The van der Waals surface area contributed by atoms with Gasteiger partial charge in [0.1, 0.15) is 0 Å². The number of rotatable bonds is 1. The first-order chi connectivity index (χ1) is 6.27. The molecule has 70 valence electrons. The van der Waals surface area contributed by atoms with E-state index < -0.39 is 0 Å². The van der Waals surface area contributed by atoms with Crippen LogP contribution in [0.4, 0.5) is 0 Å². The third-order valence-electron chi connectivity index (χ3n) is 2.83. The van der Waals surface area contributed by atoms with Gasteiger partial charge in [-0.1, -0.05) is 6.07 Å². The smallest absolute Gasteiger partial charge is 0.0450 e. The summed E-state index contributed by atoms with van der Waals surface area (Å²) in [7, 11) is 0. The minimum atomic E-state index is 0.560. The van der Waals surface area contributed by atoms with E-state index >= 15 is 0 Å². The van der Waals surface area contributed by atoms with E-state index in [4.69, 9.17) is 0 Å². The Labute approximate surface area is 79.4 Å². The molecule has 13 heavy (non-hydrogen) atoms. The van der Waals surface area contributed by atoms with E-state index in [-0.39, 0.29) is 0 Å². The van der Waals surface area contributed by atoms with Crippen molar-refractivity contribution < 1.29 is 0 Å². The van der Waals surface area contributed by atoms with E-state index in [1.54, 1.807) is 0 Å². The number of aromatic nitrogens is 1. The Hall–Kier alpha value is -0.890. The third kappa shape index (κ3) is 1.73. The fraction of sp³-hybridized carbons (Fsp3) is 0.545. The second-order valence-corrected chi connectivity index (χ2v) is 3.95. The molecule has 2 heteroatoms. The lowest BCUT2D eigenvalue weighted by Crippen LogP contribution is -2.26. The second kappa shape index (κ2) is 3.46. The van der Waals surface area contributed by atoms with E-state index in [0.29, 0.717) is 18.0 Å². The molecule has 0 saturated carbocycles. The van der Waals surface area contributed by atoms with Gasteiger partial charge in [0, 0.05) is 29.9 Å². The van der Waals surface area contributed by atoms with Crippen molar-refractivity contribution in [2.24, 2.45) is 0 Å². The van der Waals surface area contributed by atoms with Gasteiger partial charge in [-0.2, -0.15) is 0 Å². The molecule has 0 amide bonds. The highest BCUT2D eigenvalue weighted by atomic mass is 15.0. The maximum Gasteiger partial charge on any atom is 0.0450 e. The summed E-state index contributed by atoms with van der Waals surface area (Å²) < 4.78 is 0. The predicted octanol–water partition coefficient (Wildman–Crippen LogP) is 1.94. The Morgan fingerprint density at radius 3 is 2.77 bits per heavy atom. The Bertz CT molecular complexity index is 271. The van der Waals surface area contributed by atoms with Crippen LogP contribution in [0.3, 0.4) is 0 Å². The number of nitrogens with one attached hydrogen (secondary N) is 1. The molecule has 0 radical (unpaired) electrons. The van der Waals surface area contributed by atoms with Gasteiger partial charge in [0.05, 0.1) is 0 Å². The van der Waals surface area contributed by atoms with E-state index in [0.717, 1.165) is 0 Å². The van der Waals surface area contributed by atoms with Crippen LogP contribution in [0.5, 0.6) is 0 Å². The largest absolute Gasteiger partial charge is 0.311 e. The highest BCUT2D eigenvalue weighted by Gasteiger charge is 2.29. The Morgan fingerprint density at radius 1 is 1.38 bits per heavy atom. The molecule has 3 atom stereocenters. The quantitative estimate of drug-likeness (QED) is 0.707. The topological polar surface area (TPSA) is 24.9 Å². The van der Waals surface area contributed by atoms with Crippen molar-refractivity contribution in [1.82, 2.24) is 10.3 Å². The molecule has 2 nitrogen and oxygen atoms in total. The van der Waals surface area contributed by atoms with Gasteiger partial charge in [-0.05, 0) is 32.4 Å². The van der Waals surface area contributed by atoms with Gasteiger partial charge in [-0.3, -0.25) is 4.98 Å². The van der Waals surface area contributed by atoms with Gasteiger partial charge < -0.3 is 5.32 Å². The average molecular weight is 176 g/mol. The molecule has 2 heterocycles. The van der Waals surface area contributed by atoms with Crippen molar-refractivity contribution in [3.05, 3.63) is 30.1 Å². The lowest BCUT2D eigenvalue weighted by molar-refractivity contribution is 0.568. The number of hydrogen-bond donors (Lipinski definition) is 1. The van der Waals surface area contributed by atoms with Crippen molar-refractivity contribution in [2.75, 3.05) is 0 Å². The zero-order valence-electron chi connectivity index (χ0n) is 8.20. The molecular weight excluding hydrogens is 160 g/mol. The molecule has 0 spiro atoms. The summed E-state index contributed by atoms with van der Waals surface area (Å²) in [6.45, 7) is 4.47. The van der Waals surface area contributed by atoms with Gasteiger partial charge in [-0.15, -0.1) is 0 Å². The lowest BCUT2D eigenvalue weighted by Gasteiger charge is -2.13. The van der Waals surface area contributed by atoms with E-state index in [2.05, 4.69) is 36.3 Å². The summed E-state index contributed by atoms with van der Waals surface area (Å²) in [5.41, 5.74) is 1.23. The van der Waals surface area contributed by atoms with Crippen LogP contribution in [0, 0.1) is 0 Å². The summed E-state index contributed by atoms with van der Waals surface area (Å²) in [5, 5.41) is 3.53.